The van der Waals surface area contributed by atoms with Crippen molar-refractivity contribution in [1.29, 1.82) is 0 Å². The summed E-state index contributed by atoms with van der Waals surface area (Å²) in [5.74, 6) is 0.0220. The van der Waals surface area contributed by atoms with Gasteiger partial charge in [-0.2, -0.15) is 0 Å². The maximum atomic E-state index is 13.0. The Morgan fingerprint density at radius 2 is 1.82 bits per heavy atom. The molecule has 0 saturated heterocycles. The minimum Gasteiger partial charge on any atom is -0.491 e. The summed E-state index contributed by atoms with van der Waals surface area (Å²) in [6, 6.07) is 14.9. The van der Waals surface area contributed by atoms with Gasteiger partial charge in [0.15, 0.2) is 0 Å². The number of carbonyl (C=O) groups is 2. The lowest BCUT2D eigenvalue weighted by Gasteiger charge is -2.12. The molecular weight excluding hydrogens is 352 g/mol. The third-order valence-electron chi connectivity index (χ3n) is 4.28. The van der Waals surface area contributed by atoms with Gasteiger partial charge in [-0.25, -0.2) is 0 Å². The summed E-state index contributed by atoms with van der Waals surface area (Å²) in [5.41, 5.74) is 3.10. The quantitative estimate of drug-likeness (QED) is 0.582. The van der Waals surface area contributed by atoms with Gasteiger partial charge in [-0.15, -0.1) is 6.58 Å². The van der Waals surface area contributed by atoms with Gasteiger partial charge >= 0.3 is 0 Å². The van der Waals surface area contributed by atoms with E-state index in [0.29, 0.717) is 16.9 Å². The Morgan fingerprint density at radius 1 is 1.11 bits per heavy atom. The molecule has 3 rings (SSSR count). The van der Waals surface area contributed by atoms with Crippen molar-refractivity contribution >= 4 is 23.1 Å². The van der Waals surface area contributed by atoms with E-state index in [2.05, 4.69) is 11.9 Å². The second-order valence-electron chi connectivity index (χ2n) is 6.95. The molecule has 0 spiro atoms. The molecule has 1 N–H and O–H groups in total. The second kappa shape index (κ2) is 8.13. The van der Waals surface area contributed by atoms with Crippen molar-refractivity contribution in [2.45, 2.75) is 26.9 Å². The third-order valence-corrected chi connectivity index (χ3v) is 4.28. The third kappa shape index (κ3) is 3.98. The predicted octanol–water partition coefficient (Wildman–Crippen LogP) is 4.16. The highest BCUT2D eigenvalue weighted by atomic mass is 16.5. The smallest absolute Gasteiger partial charge is 0.278 e. The number of nitrogens with zero attached hydrogens (tertiary/aromatic N) is 1. The van der Waals surface area contributed by atoms with Crippen LogP contribution >= 0.6 is 0 Å². The van der Waals surface area contributed by atoms with Gasteiger partial charge in [0.05, 0.1) is 11.7 Å². The van der Waals surface area contributed by atoms with Crippen molar-refractivity contribution in [3.05, 3.63) is 78.0 Å². The molecule has 2 amide bonds. The normalized spacial score (nSPS) is 14.1. The number of hydrogen-bond donors (Lipinski definition) is 1. The molecule has 5 nitrogen and oxygen atoms in total. The van der Waals surface area contributed by atoms with Crippen LogP contribution in [0.15, 0.2) is 66.9 Å². The van der Waals surface area contributed by atoms with E-state index < -0.39 is 0 Å². The molecule has 0 radical (unpaired) electrons. The molecule has 5 heteroatoms. The van der Waals surface area contributed by atoms with Crippen LogP contribution < -0.4 is 10.1 Å². The van der Waals surface area contributed by atoms with E-state index in [1.54, 1.807) is 30.3 Å². The lowest BCUT2D eigenvalue weighted by atomic mass is 10.0. The van der Waals surface area contributed by atoms with Crippen LogP contribution in [0, 0.1) is 6.92 Å². The zero-order chi connectivity index (χ0) is 20.3. The summed E-state index contributed by atoms with van der Waals surface area (Å²) in [6.45, 7) is 9.68. The molecule has 0 saturated carbocycles. The van der Waals surface area contributed by atoms with Crippen LogP contribution in [0.2, 0.25) is 0 Å². The van der Waals surface area contributed by atoms with E-state index in [4.69, 9.17) is 4.74 Å². The van der Waals surface area contributed by atoms with Crippen LogP contribution in [0.3, 0.4) is 0 Å². The summed E-state index contributed by atoms with van der Waals surface area (Å²) in [7, 11) is 0. The number of aryl methyl sites for hydroxylation is 1. The van der Waals surface area contributed by atoms with Gasteiger partial charge < -0.3 is 10.1 Å². The topological polar surface area (TPSA) is 58.6 Å². The average molecular weight is 376 g/mol. The highest BCUT2D eigenvalue weighted by molar-refractivity contribution is 6.36. The largest absolute Gasteiger partial charge is 0.491 e. The standard InChI is InChI=1S/C23H24N2O3/c1-5-13-25-22(26)20(17-9-11-19(12-10-17)28-15(2)3)21(23(25)27)24-18-8-6-7-16(4)14-18/h5-12,14-15,24H,1,13H2,2-4H3. The summed E-state index contributed by atoms with van der Waals surface area (Å²) in [5, 5.41) is 3.15. The van der Waals surface area contributed by atoms with Crippen LogP contribution in [0.5, 0.6) is 5.75 Å². The minimum absolute atomic E-state index is 0.0568. The summed E-state index contributed by atoms with van der Waals surface area (Å²) in [4.78, 5) is 27.1. The first-order valence-electron chi connectivity index (χ1n) is 9.23. The van der Waals surface area contributed by atoms with Crippen molar-refractivity contribution in [3.63, 3.8) is 0 Å². The van der Waals surface area contributed by atoms with Crippen molar-refractivity contribution in [2.75, 3.05) is 11.9 Å². The summed E-state index contributed by atoms with van der Waals surface area (Å²) >= 11 is 0. The van der Waals surface area contributed by atoms with Crippen LogP contribution in [0.4, 0.5) is 5.69 Å². The fourth-order valence-electron chi connectivity index (χ4n) is 3.09. The Hall–Kier alpha value is -3.34. The maximum Gasteiger partial charge on any atom is 0.278 e. The first-order chi connectivity index (χ1) is 13.4. The number of rotatable bonds is 7. The number of carbonyl (C=O) groups excluding carboxylic acids is 2. The molecule has 1 aliphatic heterocycles. The molecule has 28 heavy (non-hydrogen) atoms. The number of benzene rings is 2. The van der Waals surface area contributed by atoms with Crippen molar-refractivity contribution in [2.24, 2.45) is 0 Å². The monoisotopic (exact) mass is 376 g/mol. The van der Waals surface area contributed by atoms with Crippen LogP contribution in [-0.4, -0.2) is 29.4 Å². The molecule has 0 bridgehead atoms. The molecule has 144 valence electrons. The number of imide groups is 1. The Balaban J connectivity index is 2.02. The lowest BCUT2D eigenvalue weighted by Crippen LogP contribution is -2.32. The molecule has 0 aliphatic carbocycles. The molecule has 1 heterocycles. The minimum atomic E-state index is -0.357. The first-order valence-corrected chi connectivity index (χ1v) is 9.23. The zero-order valence-corrected chi connectivity index (χ0v) is 16.4. The van der Waals surface area contributed by atoms with E-state index in [-0.39, 0.29) is 30.2 Å². The van der Waals surface area contributed by atoms with Crippen LogP contribution in [0.25, 0.3) is 5.57 Å². The van der Waals surface area contributed by atoms with Gasteiger partial charge in [0.2, 0.25) is 0 Å². The van der Waals surface area contributed by atoms with Gasteiger partial charge in [-0.3, -0.25) is 14.5 Å². The van der Waals surface area contributed by atoms with E-state index in [9.17, 15) is 9.59 Å². The molecule has 0 aromatic heterocycles. The van der Waals surface area contributed by atoms with Gasteiger partial charge in [0.25, 0.3) is 11.8 Å². The number of hydrogen-bond acceptors (Lipinski definition) is 4. The Labute approximate surface area is 165 Å². The van der Waals surface area contributed by atoms with Crippen molar-refractivity contribution in [1.82, 2.24) is 4.90 Å². The summed E-state index contributed by atoms with van der Waals surface area (Å²) in [6.07, 6.45) is 1.60. The van der Waals surface area contributed by atoms with Crippen molar-refractivity contribution < 1.29 is 14.3 Å². The Bertz CT molecular complexity index is 943. The van der Waals surface area contributed by atoms with Crippen LogP contribution in [0.1, 0.15) is 25.0 Å². The summed E-state index contributed by atoms with van der Waals surface area (Å²) < 4.78 is 5.67. The second-order valence-corrected chi connectivity index (χ2v) is 6.95. The molecule has 0 fully saturated rings. The number of anilines is 1. The number of amides is 2. The van der Waals surface area contributed by atoms with Gasteiger partial charge in [0, 0.05) is 12.2 Å². The zero-order valence-electron chi connectivity index (χ0n) is 16.4. The van der Waals surface area contributed by atoms with Gasteiger partial charge in [-0.05, 0) is 56.2 Å². The highest BCUT2D eigenvalue weighted by Crippen LogP contribution is 2.31. The fraction of sp³-hybridized carbons (Fsp3) is 0.217. The SMILES string of the molecule is C=CCN1C(=O)C(Nc2cccc(C)c2)=C(c2ccc(OC(C)C)cc2)C1=O. The molecular formula is C23H24N2O3. The van der Waals surface area contributed by atoms with Gasteiger partial charge in [0.1, 0.15) is 11.4 Å². The Morgan fingerprint density at radius 3 is 2.43 bits per heavy atom. The van der Waals surface area contributed by atoms with Crippen molar-refractivity contribution in [3.8, 4) is 5.75 Å². The van der Waals surface area contributed by atoms with Crippen LogP contribution in [-0.2, 0) is 9.59 Å². The van der Waals surface area contributed by atoms with Gasteiger partial charge in [-0.1, -0.05) is 30.3 Å². The molecule has 0 unspecified atom stereocenters. The van der Waals surface area contributed by atoms with E-state index in [1.165, 1.54) is 4.90 Å². The Kier molecular flexibility index (Phi) is 5.64. The lowest BCUT2D eigenvalue weighted by molar-refractivity contribution is -0.136. The number of ether oxygens (including phenoxy) is 1. The fourth-order valence-corrected chi connectivity index (χ4v) is 3.09. The highest BCUT2D eigenvalue weighted by Gasteiger charge is 2.38. The predicted molar refractivity (Wildman–Crippen MR) is 111 cm³/mol. The van der Waals surface area contributed by atoms with E-state index in [0.717, 1.165) is 11.3 Å². The average Bonchev–Trinajstić information content (AvgIpc) is 2.87. The molecule has 2 aromatic rings. The molecule has 2 aromatic carbocycles. The first kappa shape index (κ1) is 19.4. The molecule has 1 aliphatic rings. The molecule has 0 atom stereocenters. The van der Waals surface area contributed by atoms with E-state index in [1.807, 2.05) is 45.0 Å². The number of nitrogens with one attached hydrogen (secondary N) is 1. The maximum absolute atomic E-state index is 13.0. The van der Waals surface area contributed by atoms with E-state index >= 15 is 0 Å².